The molecule has 110 valence electrons. The Morgan fingerprint density at radius 1 is 1.42 bits per heavy atom. The minimum atomic E-state index is -0.406. The number of likely N-dealkylation sites (tertiary alicyclic amines) is 1. The Balaban J connectivity index is 1.92. The molecule has 2 atom stereocenters. The van der Waals surface area contributed by atoms with Gasteiger partial charge in [0, 0.05) is 18.6 Å². The van der Waals surface area contributed by atoms with Crippen LogP contribution in [0.4, 0.5) is 4.79 Å². The van der Waals surface area contributed by atoms with Gasteiger partial charge in [0.05, 0.1) is 0 Å². The Morgan fingerprint density at radius 3 is 2.63 bits per heavy atom. The van der Waals surface area contributed by atoms with Gasteiger partial charge in [0.2, 0.25) is 0 Å². The van der Waals surface area contributed by atoms with Crippen molar-refractivity contribution in [3.63, 3.8) is 0 Å². The fourth-order valence-corrected chi connectivity index (χ4v) is 3.13. The zero-order valence-corrected chi connectivity index (χ0v) is 13.0. The van der Waals surface area contributed by atoms with E-state index in [4.69, 9.17) is 4.74 Å². The maximum Gasteiger partial charge on any atom is 0.410 e. The van der Waals surface area contributed by atoms with E-state index in [-0.39, 0.29) is 11.6 Å². The summed E-state index contributed by atoms with van der Waals surface area (Å²) in [4.78, 5) is 14.0. The second kappa shape index (κ2) is 4.97. The topological polar surface area (TPSA) is 41.6 Å². The molecule has 1 spiro atoms. The van der Waals surface area contributed by atoms with Crippen molar-refractivity contribution in [3.8, 4) is 0 Å². The summed E-state index contributed by atoms with van der Waals surface area (Å²) in [6.07, 6.45) is 2.07. The average Bonchev–Trinajstić information content (AvgIpc) is 2.85. The molecule has 0 aliphatic carbocycles. The first kappa shape index (κ1) is 14.6. The van der Waals surface area contributed by atoms with E-state index in [9.17, 15) is 4.79 Å². The highest BCUT2D eigenvalue weighted by molar-refractivity contribution is 5.68. The number of nitrogens with zero attached hydrogens (tertiary/aromatic N) is 1. The molecule has 2 aliphatic heterocycles. The Labute approximate surface area is 116 Å². The number of amides is 1. The highest BCUT2D eigenvalue weighted by atomic mass is 16.6. The van der Waals surface area contributed by atoms with Crippen molar-refractivity contribution in [2.24, 2.45) is 11.8 Å². The quantitative estimate of drug-likeness (QED) is 0.795. The van der Waals surface area contributed by atoms with Crippen molar-refractivity contribution in [3.05, 3.63) is 0 Å². The second-order valence-electron chi connectivity index (χ2n) is 7.52. The van der Waals surface area contributed by atoms with Crippen LogP contribution in [0.1, 0.15) is 47.5 Å². The number of ether oxygens (including phenoxy) is 1. The van der Waals surface area contributed by atoms with E-state index in [2.05, 4.69) is 19.2 Å². The largest absolute Gasteiger partial charge is 0.444 e. The normalized spacial score (nSPS) is 31.5. The Bertz CT molecular complexity index is 349. The van der Waals surface area contributed by atoms with Crippen LogP contribution >= 0.6 is 0 Å². The zero-order chi connectivity index (χ0) is 14.3. The van der Waals surface area contributed by atoms with Gasteiger partial charge in [0.15, 0.2) is 0 Å². The van der Waals surface area contributed by atoms with Crippen molar-refractivity contribution in [1.29, 1.82) is 0 Å². The van der Waals surface area contributed by atoms with E-state index < -0.39 is 5.60 Å². The molecule has 2 aliphatic rings. The lowest BCUT2D eigenvalue weighted by Crippen LogP contribution is -2.44. The summed E-state index contributed by atoms with van der Waals surface area (Å²) in [7, 11) is 0. The summed E-state index contributed by atoms with van der Waals surface area (Å²) in [6, 6.07) is 0. The van der Waals surface area contributed by atoms with Gasteiger partial charge in [-0.3, -0.25) is 0 Å². The predicted molar refractivity (Wildman–Crippen MR) is 76.1 cm³/mol. The number of rotatable bonds is 1. The third-order valence-electron chi connectivity index (χ3n) is 4.34. The lowest BCUT2D eigenvalue weighted by Gasteiger charge is -2.27. The first-order valence-corrected chi connectivity index (χ1v) is 7.44. The minimum Gasteiger partial charge on any atom is -0.444 e. The number of hydrogen-bond acceptors (Lipinski definition) is 3. The Kier molecular flexibility index (Phi) is 3.83. The summed E-state index contributed by atoms with van der Waals surface area (Å²) in [5.74, 6) is 1.45. The monoisotopic (exact) mass is 268 g/mol. The van der Waals surface area contributed by atoms with Gasteiger partial charge in [-0.1, -0.05) is 13.8 Å². The minimum absolute atomic E-state index is 0.145. The van der Waals surface area contributed by atoms with Crippen molar-refractivity contribution in [2.45, 2.75) is 58.6 Å². The van der Waals surface area contributed by atoms with E-state index in [0.29, 0.717) is 5.92 Å². The molecule has 0 aromatic heterocycles. The number of hydrogen-bond donors (Lipinski definition) is 1. The molecular formula is C15H28N2O2. The third-order valence-corrected chi connectivity index (χ3v) is 4.34. The van der Waals surface area contributed by atoms with Crippen molar-refractivity contribution in [2.75, 3.05) is 19.6 Å². The van der Waals surface area contributed by atoms with Crippen LogP contribution in [0.2, 0.25) is 0 Å². The number of carbonyl (C=O) groups is 1. The van der Waals surface area contributed by atoms with Crippen LogP contribution in [0.5, 0.6) is 0 Å². The summed E-state index contributed by atoms with van der Waals surface area (Å²) >= 11 is 0. The fraction of sp³-hybridized carbons (Fsp3) is 0.933. The predicted octanol–water partition coefficient (Wildman–Crippen LogP) is 2.63. The highest BCUT2D eigenvalue weighted by Crippen LogP contribution is 2.36. The van der Waals surface area contributed by atoms with Gasteiger partial charge in [-0.05, 0) is 52.0 Å². The molecule has 2 unspecified atom stereocenters. The molecule has 0 saturated carbocycles. The molecule has 4 heteroatoms. The van der Waals surface area contributed by atoms with Crippen LogP contribution in [0.25, 0.3) is 0 Å². The van der Waals surface area contributed by atoms with Crippen LogP contribution in [0.15, 0.2) is 0 Å². The van der Waals surface area contributed by atoms with Gasteiger partial charge in [0.25, 0.3) is 0 Å². The van der Waals surface area contributed by atoms with Crippen LogP contribution in [0.3, 0.4) is 0 Å². The van der Waals surface area contributed by atoms with Gasteiger partial charge < -0.3 is 15.0 Å². The lowest BCUT2D eigenvalue weighted by molar-refractivity contribution is 0.0282. The maximum absolute atomic E-state index is 12.1. The molecule has 0 radical (unpaired) electrons. The standard InChI is InChI=1S/C15H28N2O2/c1-11(2)12-8-15(16-9-12)6-7-17(10-15)13(18)19-14(3,4)5/h11-12,16H,6-10H2,1-5H3. The van der Waals surface area contributed by atoms with Crippen LogP contribution in [-0.2, 0) is 4.74 Å². The van der Waals surface area contributed by atoms with E-state index in [0.717, 1.165) is 32.0 Å². The smallest absolute Gasteiger partial charge is 0.410 e. The van der Waals surface area contributed by atoms with Crippen LogP contribution in [0, 0.1) is 11.8 Å². The maximum atomic E-state index is 12.1. The van der Waals surface area contributed by atoms with E-state index in [1.807, 2.05) is 25.7 Å². The molecule has 1 N–H and O–H groups in total. The second-order valence-corrected chi connectivity index (χ2v) is 7.52. The Hall–Kier alpha value is -0.770. The zero-order valence-electron chi connectivity index (χ0n) is 13.0. The number of carbonyl (C=O) groups excluding carboxylic acids is 1. The van der Waals surface area contributed by atoms with Gasteiger partial charge in [-0.15, -0.1) is 0 Å². The van der Waals surface area contributed by atoms with Crippen molar-refractivity contribution in [1.82, 2.24) is 10.2 Å². The molecule has 2 fully saturated rings. The van der Waals surface area contributed by atoms with Gasteiger partial charge >= 0.3 is 6.09 Å². The average molecular weight is 268 g/mol. The van der Waals surface area contributed by atoms with E-state index in [1.165, 1.54) is 6.42 Å². The van der Waals surface area contributed by atoms with Crippen LogP contribution in [-0.4, -0.2) is 41.8 Å². The van der Waals surface area contributed by atoms with Gasteiger partial charge in [0.1, 0.15) is 5.60 Å². The summed E-state index contributed by atoms with van der Waals surface area (Å²) in [5, 5.41) is 3.66. The van der Waals surface area contributed by atoms with E-state index >= 15 is 0 Å². The molecule has 0 aromatic rings. The first-order chi connectivity index (χ1) is 8.71. The van der Waals surface area contributed by atoms with Gasteiger partial charge in [-0.2, -0.15) is 0 Å². The molecule has 1 amide bonds. The molecular weight excluding hydrogens is 240 g/mol. The summed E-state index contributed by atoms with van der Waals surface area (Å²) in [5.41, 5.74) is -0.262. The van der Waals surface area contributed by atoms with Crippen molar-refractivity contribution < 1.29 is 9.53 Å². The lowest BCUT2D eigenvalue weighted by atomic mass is 9.86. The highest BCUT2D eigenvalue weighted by Gasteiger charge is 2.46. The van der Waals surface area contributed by atoms with E-state index in [1.54, 1.807) is 0 Å². The Morgan fingerprint density at radius 2 is 2.11 bits per heavy atom. The molecule has 2 rings (SSSR count). The SMILES string of the molecule is CC(C)C1CNC2(CCN(C(=O)OC(C)(C)C)C2)C1. The molecule has 0 bridgehead atoms. The molecule has 4 nitrogen and oxygen atoms in total. The molecule has 2 saturated heterocycles. The number of nitrogens with one attached hydrogen (secondary N) is 1. The van der Waals surface area contributed by atoms with Gasteiger partial charge in [-0.25, -0.2) is 4.79 Å². The molecule has 0 aromatic carbocycles. The molecule has 19 heavy (non-hydrogen) atoms. The van der Waals surface area contributed by atoms with Crippen molar-refractivity contribution >= 4 is 6.09 Å². The first-order valence-electron chi connectivity index (χ1n) is 7.44. The summed E-state index contributed by atoms with van der Waals surface area (Å²) in [6.45, 7) is 13.0. The molecule has 2 heterocycles. The fourth-order valence-electron chi connectivity index (χ4n) is 3.13. The third kappa shape index (κ3) is 3.41. The summed E-state index contributed by atoms with van der Waals surface area (Å²) < 4.78 is 5.46. The van der Waals surface area contributed by atoms with Crippen LogP contribution < -0.4 is 5.32 Å².